The van der Waals surface area contributed by atoms with Gasteiger partial charge in [-0.3, -0.25) is 0 Å². The van der Waals surface area contributed by atoms with Gasteiger partial charge in [0, 0.05) is 43.9 Å². The summed E-state index contributed by atoms with van der Waals surface area (Å²) in [6, 6.07) is 6.84. The summed E-state index contributed by atoms with van der Waals surface area (Å²) < 4.78 is 21.6. The van der Waals surface area contributed by atoms with E-state index in [9.17, 15) is 9.59 Å². The molecule has 1 amide bonds. The average Bonchev–Trinajstić information content (AvgIpc) is 3.29. The van der Waals surface area contributed by atoms with Gasteiger partial charge in [-0.05, 0) is 25.0 Å². The van der Waals surface area contributed by atoms with Crippen molar-refractivity contribution in [3.05, 3.63) is 29.7 Å². The number of unbranched alkanes of at least 4 members (excludes halogenated alkanes) is 3. The van der Waals surface area contributed by atoms with Gasteiger partial charge in [0.2, 0.25) is 5.89 Å². The highest BCUT2D eigenvalue weighted by atomic mass is 35.5. The Labute approximate surface area is 220 Å². The first kappa shape index (κ1) is 29.9. The third kappa shape index (κ3) is 11.5. The number of aromatic nitrogens is 1. The van der Waals surface area contributed by atoms with Crippen LogP contribution in [0.15, 0.2) is 28.2 Å². The van der Waals surface area contributed by atoms with Gasteiger partial charge in [0.15, 0.2) is 5.58 Å². The molecule has 2 rings (SSSR count). The molecule has 2 aromatic rings. The highest BCUT2D eigenvalue weighted by molar-refractivity contribution is 6.17. The summed E-state index contributed by atoms with van der Waals surface area (Å²) in [5.74, 6) is -0.619. The van der Waals surface area contributed by atoms with E-state index in [0.29, 0.717) is 56.5 Å². The Morgan fingerprint density at radius 1 is 1.16 bits per heavy atom. The van der Waals surface area contributed by atoms with Gasteiger partial charge >= 0.3 is 12.1 Å². The van der Waals surface area contributed by atoms with Crippen LogP contribution in [0.5, 0.6) is 0 Å². The number of oxazole rings is 1. The van der Waals surface area contributed by atoms with Crippen molar-refractivity contribution in [3.63, 3.8) is 0 Å². The van der Waals surface area contributed by atoms with Crippen LogP contribution in [0.1, 0.15) is 31.6 Å². The van der Waals surface area contributed by atoms with Crippen LogP contribution in [0, 0.1) is 11.3 Å². The second kappa shape index (κ2) is 17.2. The first-order valence-corrected chi connectivity index (χ1v) is 12.6. The minimum absolute atomic E-state index is 0.0270. The summed E-state index contributed by atoms with van der Waals surface area (Å²) in [5.41, 5.74) is 1.27. The number of ether oxygens (including phenoxy) is 3. The lowest BCUT2D eigenvalue weighted by Gasteiger charge is -2.19. The summed E-state index contributed by atoms with van der Waals surface area (Å²) in [6.07, 6.45) is 4.85. The number of nitriles is 1. The molecular formula is C25H33ClN4O7. The van der Waals surface area contributed by atoms with Crippen molar-refractivity contribution >= 4 is 46.5 Å². The van der Waals surface area contributed by atoms with Gasteiger partial charge in [0.1, 0.15) is 23.8 Å². The van der Waals surface area contributed by atoms with Crippen LogP contribution in [-0.2, 0) is 19.0 Å². The van der Waals surface area contributed by atoms with Crippen LogP contribution in [-0.4, -0.2) is 81.2 Å². The minimum atomic E-state index is -1.35. The van der Waals surface area contributed by atoms with Gasteiger partial charge in [0.05, 0.1) is 26.4 Å². The van der Waals surface area contributed by atoms with E-state index in [2.05, 4.69) is 10.3 Å². The number of halogens is 1. The van der Waals surface area contributed by atoms with E-state index in [-0.39, 0.29) is 12.5 Å². The van der Waals surface area contributed by atoms with E-state index >= 15 is 0 Å². The summed E-state index contributed by atoms with van der Waals surface area (Å²) in [6.45, 7) is 2.99. The smallest absolute Gasteiger partial charge is 0.407 e. The molecule has 11 nitrogen and oxygen atoms in total. The van der Waals surface area contributed by atoms with Gasteiger partial charge in [-0.15, -0.1) is 11.6 Å². The molecule has 1 aromatic carbocycles. The van der Waals surface area contributed by atoms with Crippen LogP contribution in [0.25, 0.3) is 17.2 Å². The number of rotatable bonds is 18. The number of anilines is 1. The molecule has 0 spiro atoms. The standard InChI is InChI=1S/C25H33ClN4O7/c1-30(20-6-7-21-22(17-20)37-23(29-21)16-19(18-27)24(31)32)10-13-36-25(33)28-9-12-35-15-14-34-11-5-3-2-4-8-26/h6-7,16-17H,2-5,8-15H2,1H3,(H,28,33)(H,31,32)/b19-16+. The molecule has 0 atom stereocenters. The van der Waals surface area contributed by atoms with Crippen LogP contribution < -0.4 is 10.2 Å². The summed E-state index contributed by atoms with van der Waals surface area (Å²) in [4.78, 5) is 28.9. The number of nitrogens with zero attached hydrogens (tertiary/aromatic N) is 3. The van der Waals surface area contributed by atoms with Crippen LogP contribution in [0.2, 0.25) is 0 Å². The Kier molecular flexibility index (Phi) is 13.9. The number of carbonyl (C=O) groups is 2. The molecule has 0 aliphatic rings. The quantitative estimate of drug-likeness (QED) is 0.125. The maximum atomic E-state index is 11.8. The zero-order valence-corrected chi connectivity index (χ0v) is 21.7. The van der Waals surface area contributed by atoms with E-state index in [1.54, 1.807) is 18.2 Å². The number of hydrogen-bond acceptors (Lipinski definition) is 9. The second-order valence-corrected chi connectivity index (χ2v) is 8.37. The van der Waals surface area contributed by atoms with Crippen molar-refractivity contribution in [3.8, 4) is 6.07 Å². The number of hydrogen-bond donors (Lipinski definition) is 2. The SMILES string of the molecule is CN(CCOC(=O)NCCOCCOCCCCCCCl)c1ccc2nc(/C=C(\C#N)C(=O)O)oc2c1. The number of carbonyl (C=O) groups excluding carboxylic acids is 1. The molecule has 2 N–H and O–H groups in total. The molecule has 0 fully saturated rings. The highest BCUT2D eigenvalue weighted by Gasteiger charge is 2.12. The van der Waals surface area contributed by atoms with Crippen molar-refractivity contribution in [1.82, 2.24) is 10.3 Å². The fourth-order valence-corrected chi connectivity index (χ4v) is 3.34. The Hall–Kier alpha value is -3.33. The van der Waals surface area contributed by atoms with Crippen molar-refractivity contribution < 1.29 is 33.3 Å². The average molecular weight is 537 g/mol. The molecule has 202 valence electrons. The second-order valence-electron chi connectivity index (χ2n) is 7.99. The third-order valence-electron chi connectivity index (χ3n) is 5.17. The maximum Gasteiger partial charge on any atom is 0.407 e. The highest BCUT2D eigenvalue weighted by Crippen LogP contribution is 2.23. The number of carboxylic acids is 1. The first-order chi connectivity index (χ1) is 17.9. The predicted octanol–water partition coefficient (Wildman–Crippen LogP) is 3.81. The number of nitrogens with one attached hydrogen (secondary N) is 1. The molecule has 37 heavy (non-hydrogen) atoms. The molecule has 1 heterocycles. The zero-order chi connectivity index (χ0) is 26.9. The Morgan fingerprint density at radius 3 is 2.65 bits per heavy atom. The molecule has 1 aromatic heterocycles. The molecule has 0 bridgehead atoms. The molecular weight excluding hydrogens is 504 g/mol. The monoisotopic (exact) mass is 536 g/mol. The largest absolute Gasteiger partial charge is 0.477 e. The number of carboxylic acid groups (broad SMARTS) is 1. The summed E-state index contributed by atoms with van der Waals surface area (Å²) in [7, 11) is 1.83. The van der Waals surface area contributed by atoms with Crippen molar-refractivity contribution in [2.45, 2.75) is 25.7 Å². The zero-order valence-electron chi connectivity index (χ0n) is 20.9. The van der Waals surface area contributed by atoms with Crippen molar-refractivity contribution in [2.24, 2.45) is 0 Å². The number of alkyl halides is 1. The lowest BCUT2D eigenvalue weighted by Crippen LogP contribution is -2.31. The first-order valence-electron chi connectivity index (χ1n) is 12.0. The maximum absolute atomic E-state index is 11.8. The molecule has 0 saturated carbocycles. The number of aliphatic carboxylic acids is 1. The van der Waals surface area contributed by atoms with Gasteiger partial charge in [-0.2, -0.15) is 5.26 Å². The van der Waals surface area contributed by atoms with E-state index in [1.807, 2.05) is 18.0 Å². The van der Waals surface area contributed by atoms with Crippen molar-refractivity contribution in [1.29, 1.82) is 5.26 Å². The number of alkyl carbamates (subject to hydrolysis) is 1. The van der Waals surface area contributed by atoms with Gasteiger partial charge < -0.3 is 34.0 Å². The number of benzene rings is 1. The van der Waals surface area contributed by atoms with Gasteiger partial charge in [-0.1, -0.05) is 12.8 Å². The number of fused-ring (bicyclic) bond motifs is 1. The lowest BCUT2D eigenvalue weighted by atomic mass is 10.2. The number of amides is 1. The van der Waals surface area contributed by atoms with E-state index in [0.717, 1.165) is 37.4 Å². The molecule has 0 aliphatic heterocycles. The van der Waals surface area contributed by atoms with Crippen LogP contribution in [0.4, 0.5) is 10.5 Å². The van der Waals surface area contributed by atoms with Crippen molar-refractivity contribution in [2.75, 3.05) is 64.0 Å². The fraction of sp³-hybridized carbons (Fsp3) is 0.520. The molecule has 0 saturated heterocycles. The third-order valence-corrected chi connectivity index (χ3v) is 5.44. The minimum Gasteiger partial charge on any atom is -0.477 e. The van der Waals surface area contributed by atoms with Crippen LogP contribution in [0.3, 0.4) is 0 Å². The molecule has 12 heteroatoms. The molecule has 0 aliphatic carbocycles. The Balaban J connectivity index is 1.60. The Bertz CT molecular complexity index is 1070. The van der Waals surface area contributed by atoms with Gasteiger partial charge in [-0.25, -0.2) is 14.6 Å². The topological polar surface area (TPSA) is 147 Å². The summed E-state index contributed by atoms with van der Waals surface area (Å²) in [5, 5.41) is 20.5. The number of likely N-dealkylation sites (N-methyl/N-ethyl adjacent to an activating group) is 1. The van der Waals surface area contributed by atoms with Crippen LogP contribution >= 0.6 is 11.6 Å². The normalized spacial score (nSPS) is 11.3. The summed E-state index contributed by atoms with van der Waals surface area (Å²) >= 11 is 5.63. The molecule has 0 radical (unpaired) electrons. The fourth-order valence-electron chi connectivity index (χ4n) is 3.15. The Morgan fingerprint density at radius 2 is 1.92 bits per heavy atom. The lowest BCUT2D eigenvalue weighted by molar-refractivity contribution is -0.132. The van der Waals surface area contributed by atoms with E-state index in [4.69, 9.17) is 40.6 Å². The van der Waals surface area contributed by atoms with Gasteiger partial charge in [0.25, 0.3) is 0 Å². The predicted molar refractivity (Wildman–Crippen MR) is 139 cm³/mol. The van der Waals surface area contributed by atoms with E-state index < -0.39 is 17.6 Å². The molecule has 0 unspecified atom stereocenters. The van der Waals surface area contributed by atoms with E-state index in [1.165, 1.54) is 0 Å².